The van der Waals surface area contributed by atoms with Crippen molar-refractivity contribution in [2.24, 2.45) is 5.92 Å². The van der Waals surface area contributed by atoms with Crippen LogP contribution in [0.1, 0.15) is 31.9 Å². The van der Waals surface area contributed by atoms with Gasteiger partial charge in [0.15, 0.2) is 5.82 Å². The standard InChI is InChI=1S/C15H26N4O/c1-3-8-16-11-14-4-5-15(18-17-14)19(2)12-13-6-9-20-10-7-13/h4-5,13,16H,3,6-12H2,1-2H3. The van der Waals surface area contributed by atoms with E-state index in [-0.39, 0.29) is 0 Å². The first-order chi connectivity index (χ1) is 9.79. The first kappa shape index (κ1) is 15.2. The Bertz CT molecular complexity index is 376. The van der Waals surface area contributed by atoms with Crippen molar-refractivity contribution in [2.75, 3.05) is 38.3 Å². The maximum atomic E-state index is 5.40. The van der Waals surface area contributed by atoms with Crippen LogP contribution in [0.3, 0.4) is 0 Å². The number of rotatable bonds is 7. The number of aromatic nitrogens is 2. The summed E-state index contributed by atoms with van der Waals surface area (Å²) in [7, 11) is 2.09. The van der Waals surface area contributed by atoms with Gasteiger partial charge in [-0.25, -0.2) is 0 Å². The van der Waals surface area contributed by atoms with Crippen molar-refractivity contribution in [1.29, 1.82) is 0 Å². The van der Waals surface area contributed by atoms with Crippen LogP contribution >= 0.6 is 0 Å². The van der Waals surface area contributed by atoms with Crippen molar-refractivity contribution in [2.45, 2.75) is 32.7 Å². The molecule has 1 aliphatic rings. The van der Waals surface area contributed by atoms with E-state index in [2.05, 4.69) is 46.5 Å². The highest BCUT2D eigenvalue weighted by Gasteiger charge is 2.16. The Balaban J connectivity index is 1.81. The van der Waals surface area contributed by atoms with Gasteiger partial charge in [0.05, 0.1) is 5.69 Å². The number of hydrogen-bond acceptors (Lipinski definition) is 5. The highest BCUT2D eigenvalue weighted by Crippen LogP contribution is 2.18. The Morgan fingerprint density at radius 1 is 1.30 bits per heavy atom. The smallest absolute Gasteiger partial charge is 0.150 e. The summed E-state index contributed by atoms with van der Waals surface area (Å²) in [5.41, 5.74) is 1.00. The molecule has 1 aliphatic heterocycles. The molecule has 1 aromatic rings. The number of nitrogens with one attached hydrogen (secondary N) is 1. The monoisotopic (exact) mass is 278 g/mol. The summed E-state index contributed by atoms with van der Waals surface area (Å²) in [6.45, 7) is 6.80. The highest BCUT2D eigenvalue weighted by atomic mass is 16.5. The molecule has 0 radical (unpaired) electrons. The first-order valence-electron chi connectivity index (χ1n) is 7.61. The molecule has 20 heavy (non-hydrogen) atoms. The van der Waals surface area contributed by atoms with Gasteiger partial charge in [-0.2, -0.15) is 5.10 Å². The average molecular weight is 278 g/mol. The van der Waals surface area contributed by atoms with Crippen molar-refractivity contribution in [3.8, 4) is 0 Å². The van der Waals surface area contributed by atoms with Gasteiger partial charge in [0.1, 0.15) is 0 Å². The summed E-state index contributed by atoms with van der Waals surface area (Å²) in [5.74, 6) is 1.66. The molecule has 112 valence electrons. The van der Waals surface area contributed by atoms with Gasteiger partial charge >= 0.3 is 0 Å². The third-order valence-electron chi connectivity index (χ3n) is 3.70. The van der Waals surface area contributed by atoms with Crippen molar-refractivity contribution in [1.82, 2.24) is 15.5 Å². The van der Waals surface area contributed by atoms with E-state index in [1.807, 2.05) is 0 Å². The van der Waals surface area contributed by atoms with Gasteiger partial charge in [0, 0.05) is 33.4 Å². The largest absolute Gasteiger partial charge is 0.381 e. The Hall–Kier alpha value is -1.20. The van der Waals surface area contributed by atoms with E-state index in [0.717, 1.165) is 63.6 Å². The van der Waals surface area contributed by atoms with Crippen LogP contribution in [0.5, 0.6) is 0 Å². The third kappa shape index (κ3) is 4.72. The molecule has 1 aromatic heterocycles. The Labute approximate surface area is 121 Å². The van der Waals surface area contributed by atoms with E-state index in [1.54, 1.807) is 0 Å². The lowest BCUT2D eigenvalue weighted by Gasteiger charge is -2.27. The SMILES string of the molecule is CCCNCc1ccc(N(C)CC2CCOCC2)nn1. The Kier molecular flexibility index (Phi) is 6.21. The Morgan fingerprint density at radius 2 is 2.10 bits per heavy atom. The molecule has 5 nitrogen and oxygen atoms in total. The minimum Gasteiger partial charge on any atom is -0.381 e. The zero-order valence-electron chi connectivity index (χ0n) is 12.6. The fourth-order valence-electron chi connectivity index (χ4n) is 2.45. The summed E-state index contributed by atoms with van der Waals surface area (Å²) in [4.78, 5) is 2.20. The molecule has 0 amide bonds. The maximum absolute atomic E-state index is 5.40. The van der Waals surface area contributed by atoms with Crippen LogP contribution in [0.2, 0.25) is 0 Å². The molecule has 0 bridgehead atoms. The lowest BCUT2D eigenvalue weighted by atomic mass is 10.00. The minimum absolute atomic E-state index is 0.710. The predicted molar refractivity (Wildman–Crippen MR) is 80.8 cm³/mol. The van der Waals surface area contributed by atoms with Gasteiger partial charge in [-0.3, -0.25) is 0 Å². The van der Waals surface area contributed by atoms with Crippen LogP contribution in [0.25, 0.3) is 0 Å². The van der Waals surface area contributed by atoms with E-state index in [1.165, 1.54) is 0 Å². The molecule has 0 aromatic carbocycles. The summed E-state index contributed by atoms with van der Waals surface area (Å²) >= 11 is 0. The van der Waals surface area contributed by atoms with Crippen molar-refractivity contribution >= 4 is 5.82 Å². The molecule has 0 aliphatic carbocycles. The van der Waals surface area contributed by atoms with Crippen molar-refractivity contribution in [3.63, 3.8) is 0 Å². The van der Waals surface area contributed by atoms with Gasteiger partial charge in [0.25, 0.3) is 0 Å². The molecule has 2 heterocycles. The molecular weight excluding hydrogens is 252 g/mol. The Morgan fingerprint density at radius 3 is 2.75 bits per heavy atom. The second-order valence-electron chi connectivity index (χ2n) is 5.50. The van der Waals surface area contributed by atoms with Crippen LogP contribution in [-0.2, 0) is 11.3 Å². The molecule has 0 saturated carbocycles. The zero-order chi connectivity index (χ0) is 14.2. The van der Waals surface area contributed by atoms with E-state index in [9.17, 15) is 0 Å². The van der Waals surface area contributed by atoms with E-state index < -0.39 is 0 Å². The lowest BCUT2D eigenvalue weighted by Crippen LogP contribution is -2.30. The highest BCUT2D eigenvalue weighted by molar-refractivity contribution is 5.36. The number of hydrogen-bond donors (Lipinski definition) is 1. The van der Waals surface area contributed by atoms with Crippen molar-refractivity contribution in [3.05, 3.63) is 17.8 Å². The van der Waals surface area contributed by atoms with Crippen molar-refractivity contribution < 1.29 is 4.74 Å². The van der Waals surface area contributed by atoms with Crippen LogP contribution in [0, 0.1) is 5.92 Å². The van der Waals surface area contributed by atoms with Crippen LogP contribution in [0.15, 0.2) is 12.1 Å². The molecule has 0 unspecified atom stereocenters. The van der Waals surface area contributed by atoms with E-state index in [4.69, 9.17) is 4.74 Å². The van der Waals surface area contributed by atoms with Gasteiger partial charge in [0.2, 0.25) is 0 Å². The normalized spacial score (nSPS) is 16.3. The van der Waals surface area contributed by atoms with Gasteiger partial charge in [-0.15, -0.1) is 5.10 Å². The van der Waals surface area contributed by atoms with Crippen LogP contribution in [-0.4, -0.2) is 43.5 Å². The molecule has 2 rings (SSSR count). The molecule has 5 heteroatoms. The first-order valence-corrected chi connectivity index (χ1v) is 7.61. The van der Waals surface area contributed by atoms with Gasteiger partial charge in [-0.1, -0.05) is 6.92 Å². The number of ether oxygens (including phenoxy) is 1. The minimum atomic E-state index is 0.710. The van der Waals surface area contributed by atoms with Crippen LogP contribution in [0.4, 0.5) is 5.82 Å². The van der Waals surface area contributed by atoms with E-state index in [0.29, 0.717) is 5.92 Å². The van der Waals surface area contributed by atoms with Gasteiger partial charge < -0.3 is 15.0 Å². The quantitative estimate of drug-likeness (QED) is 0.771. The summed E-state index contributed by atoms with van der Waals surface area (Å²) in [6, 6.07) is 4.13. The second kappa shape index (κ2) is 8.17. The summed E-state index contributed by atoms with van der Waals surface area (Å²) in [5, 5.41) is 11.9. The molecule has 1 fully saturated rings. The maximum Gasteiger partial charge on any atom is 0.150 e. The second-order valence-corrected chi connectivity index (χ2v) is 5.50. The van der Waals surface area contributed by atoms with E-state index >= 15 is 0 Å². The number of nitrogens with zero attached hydrogens (tertiary/aromatic N) is 3. The molecule has 0 spiro atoms. The number of anilines is 1. The van der Waals surface area contributed by atoms with Gasteiger partial charge in [-0.05, 0) is 43.9 Å². The summed E-state index contributed by atoms with van der Waals surface area (Å²) < 4.78 is 5.40. The zero-order valence-corrected chi connectivity index (χ0v) is 12.6. The fourth-order valence-corrected chi connectivity index (χ4v) is 2.45. The molecule has 1 N–H and O–H groups in total. The predicted octanol–water partition coefficient (Wildman–Crippen LogP) is 1.84. The molecule has 0 atom stereocenters. The topological polar surface area (TPSA) is 50.3 Å². The van der Waals surface area contributed by atoms with Crippen LogP contribution < -0.4 is 10.2 Å². The summed E-state index contributed by atoms with van der Waals surface area (Å²) in [6.07, 6.45) is 3.44. The fraction of sp³-hybridized carbons (Fsp3) is 0.733. The lowest BCUT2D eigenvalue weighted by molar-refractivity contribution is 0.0685. The third-order valence-corrected chi connectivity index (χ3v) is 3.70. The molecule has 1 saturated heterocycles. The molecular formula is C15H26N4O. The average Bonchev–Trinajstić information content (AvgIpc) is 2.49.